The minimum atomic E-state index is -1.92. The van der Waals surface area contributed by atoms with E-state index in [1.54, 1.807) is 6.07 Å². The van der Waals surface area contributed by atoms with Gasteiger partial charge in [0.2, 0.25) is 0 Å². The summed E-state index contributed by atoms with van der Waals surface area (Å²) in [6.07, 6.45) is -0.147. The molecule has 0 fully saturated rings. The molecule has 0 saturated heterocycles. The largest absolute Gasteiger partial charge is 0.508 e. The van der Waals surface area contributed by atoms with Crippen LogP contribution in [-0.4, -0.2) is 37.7 Å². The highest BCUT2D eigenvalue weighted by Crippen LogP contribution is 2.42. The van der Waals surface area contributed by atoms with Gasteiger partial charge in [-0.3, -0.25) is 4.79 Å². The Hall–Kier alpha value is -1.53. The molecular weight excluding hydrogens is 336 g/mol. The quantitative estimate of drug-likeness (QED) is 0.466. The molecular formula is C19H32O5Si. The fraction of sp³-hybridized carbons (Fsp3) is 0.632. The van der Waals surface area contributed by atoms with Crippen molar-refractivity contribution in [1.29, 1.82) is 0 Å². The van der Waals surface area contributed by atoms with Crippen LogP contribution in [0.5, 0.6) is 11.5 Å². The number of aliphatic carboxylic acids is 1. The molecule has 1 aromatic carbocycles. The monoisotopic (exact) mass is 368 g/mol. The lowest BCUT2D eigenvalue weighted by Crippen LogP contribution is -2.48. The fourth-order valence-electron chi connectivity index (χ4n) is 3.88. The van der Waals surface area contributed by atoms with Gasteiger partial charge in [-0.15, -0.1) is 0 Å². The molecule has 0 saturated carbocycles. The normalized spacial score (nSPS) is 12.2. The highest BCUT2D eigenvalue weighted by Gasteiger charge is 2.44. The predicted molar refractivity (Wildman–Crippen MR) is 102 cm³/mol. The van der Waals surface area contributed by atoms with Crippen LogP contribution < -0.4 is 4.74 Å². The topological polar surface area (TPSA) is 76.0 Å². The van der Waals surface area contributed by atoms with E-state index >= 15 is 0 Å². The fourth-order valence-corrected chi connectivity index (χ4v) is 9.32. The van der Waals surface area contributed by atoms with Crippen LogP contribution in [0, 0.1) is 0 Å². The van der Waals surface area contributed by atoms with Crippen molar-refractivity contribution in [3.63, 3.8) is 0 Å². The lowest BCUT2D eigenvalue weighted by Gasteiger charge is -2.42. The first-order chi connectivity index (χ1) is 11.6. The number of benzene rings is 1. The third kappa shape index (κ3) is 5.75. The molecule has 0 atom stereocenters. The van der Waals surface area contributed by atoms with E-state index in [1.165, 1.54) is 12.1 Å². The van der Waals surface area contributed by atoms with Gasteiger partial charge in [-0.2, -0.15) is 0 Å². The van der Waals surface area contributed by atoms with Gasteiger partial charge in [-0.1, -0.05) is 41.5 Å². The Morgan fingerprint density at radius 1 is 1.00 bits per heavy atom. The molecule has 6 heteroatoms. The van der Waals surface area contributed by atoms with Crippen LogP contribution in [0.2, 0.25) is 16.6 Å². The number of carboxylic acids is 1. The van der Waals surface area contributed by atoms with Crippen molar-refractivity contribution in [2.45, 2.75) is 64.6 Å². The third-order valence-corrected chi connectivity index (χ3v) is 10.8. The van der Waals surface area contributed by atoms with E-state index in [4.69, 9.17) is 14.3 Å². The van der Waals surface area contributed by atoms with Gasteiger partial charge in [0.05, 0.1) is 13.0 Å². The van der Waals surface area contributed by atoms with E-state index < -0.39 is 14.3 Å². The SMILES string of the molecule is CC(C)[Si](OCCOc1cc(O)cc(CC(=O)O)c1)(C(C)C)C(C)C. The Kier molecular flexibility index (Phi) is 7.95. The maximum Gasteiger partial charge on any atom is 0.307 e. The lowest BCUT2D eigenvalue weighted by molar-refractivity contribution is -0.136. The van der Waals surface area contributed by atoms with Crippen molar-refractivity contribution < 1.29 is 24.2 Å². The summed E-state index contributed by atoms with van der Waals surface area (Å²) in [5.41, 5.74) is 2.04. The Balaban J connectivity index is 2.70. The summed E-state index contributed by atoms with van der Waals surface area (Å²) in [5, 5.41) is 18.6. The Morgan fingerprint density at radius 2 is 1.56 bits per heavy atom. The molecule has 0 bridgehead atoms. The van der Waals surface area contributed by atoms with Crippen LogP contribution in [0.25, 0.3) is 0 Å². The van der Waals surface area contributed by atoms with Gasteiger partial charge in [0.1, 0.15) is 18.1 Å². The van der Waals surface area contributed by atoms with E-state index in [2.05, 4.69) is 41.5 Å². The average Bonchev–Trinajstić information content (AvgIpc) is 2.44. The van der Waals surface area contributed by atoms with E-state index in [-0.39, 0.29) is 12.2 Å². The summed E-state index contributed by atoms with van der Waals surface area (Å²) in [4.78, 5) is 10.8. The zero-order valence-electron chi connectivity index (χ0n) is 16.2. The second kappa shape index (κ2) is 9.24. The summed E-state index contributed by atoms with van der Waals surface area (Å²) in [5.74, 6) is -0.475. The molecule has 0 heterocycles. The first-order valence-corrected chi connectivity index (χ1v) is 11.0. The van der Waals surface area contributed by atoms with Crippen molar-refractivity contribution in [2.24, 2.45) is 0 Å². The third-order valence-electron chi connectivity index (χ3n) is 4.72. The van der Waals surface area contributed by atoms with Crippen LogP contribution in [0.15, 0.2) is 18.2 Å². The number of carbonyl (C=O) groups is 1. The van der Waals surface area contributed by atoms with Gasteiger partial charge in [0, 0.05) is 6.07 Å². The zero-order chi connectivity index (χ0) is 19.2. The first kappa shape index (κ1) is 21.5. The number of phenolic OH excluding ortho intramolecular Hbond substituents is 1. The van der Waals surface area contributed by atoms with E-state index in [1.807, 2.05) is 0 Å². The van der Waals surface area contributed by atoms with Crippen molar-refractivity contribution in [3.05, 3.63) is 23.8 Å². The maximum absolute atomic E-state index is 10.8. The molecule has 0 unspecified atom stereocenters. The second-order valence-electron chi connectivity index (χ2n) is 7.42. The average molecular weight is 369 g/mol. The number of hydrogen-bond acceptors (Lipinski definition) is 4. The number of ether oxygens (including phenoxy) is 1. The van der Waals surface area contributed by atoms with Crippen LogP contribution in [0.3, 0.4) is 0 Å². The summed E-state index contributed by atoms with van der Waals surface area (Å²) in [6.45, 7) is 14.3. The molecule has 1 aromatic rings. The number of hydrogen-bond donors (Lipinski definition) is 2. The van der Waals surface area contributed by atoms with Crippen molar-refractivity contribution in [1.82, 2.24) is 0 Å². The van der Waals surface area contributed by atoms with E-state index in [0.29, 0.717) is 41.2 Å². The van der Waals surface area contributed by atoms with Gasteiger partial charge in [0.25, 0.3) is 0 Å². The zero-order valence-corrected chi connectivity index (χ0v) is 17.2. The molecule has 0 radical (unpaired) electrons. The lowest BCUT2D eigenvalue weighted by atomic mass is 10.1. The van der Waals surface area contributed by atoms with Gasteiger partial charge >= 0.3 is 5.97 Å². The van der Waals surface area contributed by atoms with E-state index in [9.17, 15) is 9.90 Å². The number of rotatable bonds is 10. The van der Waals surface area contributed by atoms with Gasteiger partial charge in [-0.05, 0) is 34.3 Å². The Bertz CT molecular complexity index is 547. The standard InChI is InChI=1S/C19H32O5Si/c1-13(2)25(14(3)4,15(5)6)24-8-7-23-18-10-16(11-19(21)22)9-17(20)12-18/h9-10,12-15,20H,7-8,11H2,1-6H3,(H,21,22). The molecule has 0 aliphatic rings. The molecule has 2 N–H and O–H groups in total. The molecule has 0 aliphatic carbocycles. The number of phenols is 1. The van der Waals surface area contributed by atoms with Crippen molar-refractivity contribution in [3.8, 4) is 11.5 Å². The van der Waals surface area contributed by atoms with Crippen LogP contribution in [0.1, 0.15) is 47.1 Å². The summed E-state index contributed by atoms with van der Waals surface area (Å²) < 4.78 is 12.1. The molecule has 25 heavy (non-hydrogen) atoms. The molecule has 0 aromatic heterocycles. The van der Waals surface area contributed by atoms with Gasteiger partial charge in [0.15, 0.2) is 8.32 Å². The second-order valence-corrected chi connectivity index (χ2v) is 12.9. The summed E-state index contributed by atoms with van der Waals surface area (Å²) >= 11 is 0. The Morgan fingerprint density at radius 3 is 2.04 bits per heavy atom. The molecule has 1 rings (SSSR count). The van der Waals surface area contributed by atoms with Crippen LogP contribution in [0.4, 0.5) is 0 Å². The van der Waals surface area contributed by atoms with E-state index in [0.717, 1.165) is 0 Å². The van der Waals surface area contributed by atoms with Gasteiger partial charge in [-0.25, -0.2) is 0 Å². The first-order valence-electron chi connectivity index (χ1n) is 8.91. The minimum Gasteiger partial charge on any atom is -0.508 e. The van der Waals surface area contributed by atoms with Crippen molar-refractivity contribution in [2.75, 3.05) is 13.2 Å². The smallest absolute Gasteiger partial charge is 0.307 e. The molecule has 5 nitrogen and oxygen atoms in total. The van der Waals surface area contributed by atoms with Crippen LogP contribution >= 0.6 is 0 Å². The van der Waals surface area contributed by atoms with Gasteiger partial charge < -0.3 is 19.4 Å². The molecule has 142 valence electrons. The summed E-state index contributed by atoms with van der Waals surface area (Å²) in [7, 11) is -1.92. The Labute approximate surface area is 152 Å². The molecule has 0 spiro atoms. The number of carboxylic acid groups (broad SMARTS) is 1. The minimum absolute atomic E-state index is 0.00457. The number of aromatic hydroxyl groups is 1. The van der Waals surface area contributed by atoms with Crippen LogP contribution in [-0.2, 0) is 15.6 Å². The van der Waals surface area contributed by atoms with Crippen molar-refractivity contribution >= 4 is 14.3 Å². The highest BCUT2D eigenvalue weighted by atomic mass is 28.4. The predicted octanol–water partition coefficient (Wildman–Crippen LogP) is 4.59. The highest BCUT2D eigenvalue weighted by molar-refractivity contribution is 6.77. The molecule has 0 amide bonds. The maximum atomic E-state index is 10.8. The molecule has 0 aliphatic heterocycles. The summed E-state index contributed by atoms with van der Waals surface area (Å²) in [6, 6.07) is 4.57.